The highest BCUT2D eigenvalue weighted by atomic mass is 16.4. The van der Waals surface area contributed by atoms with Gasteiger partial charge in [-0.2, -0.15) is 0 Å². The van der Waals surface area contributed by atoms with Crippen molar-refractivity contribution in [3.8, 4) is 0 Å². The number of hydrogen-bond donors (Lipinski definition) is 1. The Hall–Kier alpha value is -2.62. The molecule has 0 aromatic heterocycles. The first-order chi connectivity index (χ1) is 11.0. The zero-order valence-electron chi connectivity index (χ0n) is 13.0. The van der Waals surface area contributed by atoms with Gasteiger partial charge in [0.15, 0.2) is 0 Å². The van der Waals surface area contributed by atoms with Crippen LogP contribution >= 0.6 is 0 Å². The Balaban J connectivity index is 1.79. The number of amides is 1. The number of carbonyl (C=O) groups excluding carboxylic acids is 1. The molecule has 2 aromatic carbocycles. The van der Waals surface area contributed by atoms with E-state index in [2.05, 4.69) is 0 Å². The third-order valence-corrected chi connectivity index (χ3v) is 4.32. The minimum atomic E-state index is -0.884. The predicted molar refractivity (Wildman–Crippen MR) is 87.1 cm³/mol. The zero-order chi connectivity index (χ0) is 16.4. The predicted octanol–water partition coefficient (Wildman–Crippen LogP) is 2.75. The summed E-state index contributed by atoms with van der Waals surface area (Å²) in [6.45, 7) is 2.71. The van der Waals surface area contributed by atoms with E-state index < -0.39 is 11.9 Å². The van der Waals surface area contributed by atoms with Crippen LogP contribution in [0, 0.1) is 6.92 Å². The van der Waals surface area contributed by atoms with Crippen LogP contribution in [0.25, 0.3) is 0 Å². The molecule has 0 aliphatic carbocycles. The Bertz CT molecular complexity index is 737. The van der Waals surface area contributed by atoms with E-state index in [0.717, 1.165) is 22.3 Å². The number of rotatable bonds is 3. The van der Waals surface area contributed by atoms with Crippen molar-refractivity contribution >= 4 is 11.9 Å². The quantitative estimate of drug-likeness (QED) is 0.948. The van der Waals surface area contributed by atoms with Crippen molar-refractivity contribution in [2.45, 2.75) is 25.8 Å². The normalized spacial score (nSPS) is 16.7. The van der Waals surface area contributed by atoms with Crippen LogP contribution in [0.2, 0.25) is 0 Å². The minimum Gasteiger partial charge on any atom is -0.481 e. The molecule has 0 saturated carbocycles. The SMILES string of the molecule is Cc1ccc(CC(=O)N2Cc3ccccc3C(C(=O)O)C2)cc1. The van der Waals surface area contributed by atoms with Gasteiger partial charge in [-0.05, 0) is 23.6 Å². The van der Waals surface area contributed by atoms with Crippen LogP contribution in [0.1, 0.15) is 28.2 Å². The molecule has 1 N–H and O–H groups in total. The molecule has 1 amide bonds. The Kier molecular flexibility index (Phi) is 4.15. The topological polar surface area (TPSA) is 57.6 Å². The van der Waals surface area contributed by atoms with E-state index in [0.29, 0.717) is 13.0 Å². The summed E-state index contributed by atoms with van der Waals surface area (Å²) in [6, 6.07) is 15.3. The van der Waals surface area contributed by atoms with Crippen LogP contribution in [0.4, 0.5) is 0 Å². The van der Waals surface area contributed by atoms with E-state index >= 15 is 0 Å². The second kappa shape index (κ2) is 6.24. The fraction of sp³-hybridized carbons (Fsp3) is 0.263. The average Bonchev–Trinajstić information content (AvgIpc) is 2.55. The lowest BCUT2D eigenvalue weighted by Gasteiger charge is -2.33. The summed E-state index contributed by atoms with van der Waals surface area (Å²) in [5.41, 5.74) is 3.84. The van der Waals surface area contributed by atoms with Crippen LogP contribution in [0.3, 0.4) is 0 Å². The summed E-state index contributed by atoms with van der Waals surface area (Å²) in [6.07, 6.45) is 0.300. The smallest absolute Gasteiger partial charge is 0.312 e. The number of carboxylic acid groups (broad SMARTS) is 1. The van der Waals surface area contributed by atoms with Crippen LogP contribution in [-0.4, -0.2) is 28.4 Å². The van der Waals surface area contributed by atoms with Gasteiger partial charge in [0.25, 0.3) is 0 Å². The van der Waals surface area contributed by atoms with Crippen molar-refractivity contribution in [3.05, 3.63) is 70.8 Å². The first-order valence-corrected chi connectivity index (χ1v) is 7.68. The molecule has 1 aliphatic rings. The van der Waals surface area contributed by atoms with Gasteiger partial charge in [0, 0.05) is 13.1 Å². The Labute approximate surface area is 135 Å². The standard InChI is InChI=1S/C19H19NO3/c1-13-6-8-14(9-7-13)10-18(21)20-11-15-4-2-3-5-16(15)17(12-20)19(22)23/h2-9,17H,10-12H2,1H3,(H,22,23). The number of nitrogens with zero attached hydrogens (tertiary/aromatic N) is 1. The fourth-order valence-electron chi connectivity index (χ4n) is 3.00. The lowest BCUT2D eigenvalue weighted by Crippen LogP contribution is -2.41. The number of hydrogen-bond acceptors (Lipinski definition) is 2. The highest BCUT2D eigenvalue weighted by Gasteiger charge is 2.32. The monoisotopic (exact) mass is 309 g/mol. The molecule has 1 unspecified atom stereocenters. The van der Waals surface area contributed by atoms with Crippen molar-refractivity contribution in [3.63, 3.8) is 0 Å². The molecule has 0 radical (unpaired) electrons. The number of aliphatic carboxylic acids is 1. The van der Waals surface area contributed by atoms with Crippen molar-refractivity contribution in [1.82, 2.24) is 4.90 Å². The fourth-order valence-corrected chi connectivity index (χ4v) is 3.00. The molecule has 0 spiro atoms. The maximum Gasteiger partial charge on any atom is 0.312 e. The Morgan fingerprint density at radius 2 is 1.83 bits per heavy atom. The molecule has 118 valence electrons. The number of aryl methyl sites for hydroxylation is 1. The summed E-state index contributed by atoms with van der Waals surface area (Å²) in [7, 11) is 0. The van der Waals surface area contributed by atoms with E-state index in [1.54, 1.807) is 4.90 Å². The van der Waals surface area contributed by atoms with Crippen LogP contribution in [0.5, 0.6) is 0 Å². The summed E-state index contributed by atoms with van der Waals surface area (Å²) >= 11 is 0. The van der Waals surface area contributed by atoms with Crippen LogP contribution in [0.15, 0.2) is 48.5 Å². The van der Waals surface area contributed by atoms with Crippen molar-refractivity contribution in [1.29, 1.82) is 0 Å². The van der Waals surface area contributed by atoms with E-state index in [-0.39, 0.29) is 12.5 Å². The highest BCUT2D eigenvalue weighted by Crippen LogP contribution is 2.28. The molecule has 0 bridgehead atoms. The zero-order valence-corrected chi connectivity index (χ0v) is 13.0. The highest BCUT2D eigenvalue weighted by molar-refractivity contribution is 5.82. The molecule has 0 fully saturated rings. The Morgan fingerprint density at radius 1 is 1.13 bits per heavy atom. The maximum absolute atomic E-state index is 12.6. The summed E-state index contributed by atoms with van der Waals surface area (Å²) < 4.78 is 0. The van der Waals surface area contributed by atoms with E-state index in [4.69, 9.17) is 0 Å². The average molecular weight is 309 g/mol. The van der Waals surface area contributed by atoms with Gasteiger partial charge in [-0.25, -0.2) is 0 Å². The van der Waals surface area contributed by atoms with Gasteiger partial charge in [0.05, 0.1) is 12.3 Å². The molecule has 1 aliphatic heterocycles. The van der Waals surface area contributed by atoms with Crippen molar-refractivity contribution in [2.75, 3.05) is 6.54 Å². The van der Waals surface area contributed by atoms with Crippen LogP contribution in [-0.2, 0) is 22.6 Å². The van der Waals surface area contributed by atoms with E-state index in [1.165, 1.54) is 0 Å². The first kappa shape index (κ1) is 15.3. The van der Waals surface area contributed by atoms with Crippen molar-refractivity contribution < 1.29 is 14.7 Å². The number of carbonyl (C=O) groups is 2. The molecule has 1 atom stereocenters. The second-order valence-corrected chi connectivity index (χ2v) is 6.03. The van der Waals surface area contributed by atoms with Gasteiger partial charge in [0.2, 0.25) is 5.91 Å². The number of carboxylic acids is 1. The Morgan fingerprint density at radius 3 is 2.52 bits per heavy atom. The summed E-state index contributed by atoms with van der Waals surface area (Å²) in [5, 5.41) is 9.47. The van der Waals surface area contributed by atoms with Gasteiger partial charge >= 0.3 is 5.97 Å². The lowest BCUT2D eigenvalue weighted by molar-refractivity contribution is -0.141. The van der Waals surface area contributed by atoms with Gasteiger partial charge in [-0.1, -0.05) is 54.1 Å². The molecule has 4 heteroatoms. The minimum absolute atomic E-state index is 0.0328. The van der Waals surface area contributed by atoms with E-state index in [9.17, 15) is 14.7 Å². The van der Waals surface area contributed by atoms with Gasteiger partial charge in [0.1, 0.15) is 0 Å². The molecule has 0 saturated heterocycles. The molecule has 1 heterocycles. The number of fused-ring (bicyclic) bond motifs is 1. The largest absolute Gasteiger partial charge is 0.481 e. The molecule has 4 nitrogen and oxygen atoms in total. The molecular weight excluding hydrogens is 290 g/mol. The van der Waals surface area contributed by atoms with E-state index in [1.807, 2.05) is 55.5 Å². The first-order valence-electron chi connectivity index (χ1n) is 7.68. The molecule has 23 heavy (non-hydrogen) atoms. The second-order valence-electron chi connectivity index (χ2n) is 6.03. The molecular formula is C19H19NO3. The maximum atomic E-state index is 12.6. The summed E-state index contributed by atoms with van der Waals surface area (Å²) in [4.78, 5) is 25.8. The van der Waals surface area contributed by atoms with Gasteiger partial charge in [-0.3, -0.25) is 9.59 Å². The summed E-state index contributed by atoms with van der Waals surface area (Å²) in [5.74, 6) is -1.57. The van der Waals surface area contributed by atoms with Gasteiger partial charge < -0.3 is 10.0 Å². The van der Waals surface area contributed by atoms with Crippen LogP contribution < -0.4 is 0 Å². The molecule has 3 rings (SSSR count). The molecule has 2 aromatic rings. The third kappa shape index (κ3) is 3.26. The third-order valence-electron chi connectivity index (χ3n) is 4.32. The lowest BCUT2D eigenvalue weighted by atomic mass is 9.89. The number of benzene rings is 2. The van der Waals surface area contributed by atoms with Crippen molar-refractivity contribution in [2.24, 2.45) is 0 Å². The van der Waals surface area contributed by atoms with Gasteiger partial charge in [-0.15, -0.1) is 0 Å².